The van der Waals surface area contributed by atoms with Gasteiger partial charge >= 0.3 is 0 Å². The molecule has 2 aromatic rings. The SMILES string of the molecule is CC1CCC(C2CCC(Cc3ccc(-c4cc(F)c(F)c(F)c4)cc3)CC2)CC1. The summed E-state index contributed by atoms with van der Waals surface area (Å²) in [6, 6.07) is 9.97. The van der Waals surface area contributed by atoms with Gasteiger partial charge in [-0.25, -0.2) is 13.2 Å². The van der Waals surface area contributed by atoms with E-state index < -0.39 is 17.5 Å². The van der Waals surface area contributed by atoms with E-state index in [-0.39, 0.29) is 0 Å². The van der Waals surface area contributed by atoms with Gasteiger partial charge in [0.05, 0.1) is 0 Å². The largest absolute Gasteiger partial charge is 0.204 e. The predicted molar refractivity (Wildman–Crippen MR) is 112 cm³/mol. The third-order valence-electron chi connectivity index (χ3n) is 7.41. The van der Waals surface area contributed by atoms with Crippen molar-refractivity contribution in [1.29, 1.82) is 0 Å². The van der Waals surface area contributed by atoms with Crippen LogP contribution in [-0.4, -0.2) is 0 Å². The molecule has 0 radical (unpaired) electrons. The van der Waals surface area contributed by atoms with Gasteiger partial charge in [-0.05, 0) is 97.4 Å². The average Bonchev–Trinajstić information content (AvgIpc) is 2.73. The number of rotatable bonds is 4. The first-order valence-corrected chi connectivity index (χ1v) is 11.2. The maximum absolute atomic E-state index is 13.5. The molecule has 0 amide bonds. The minimum absolute atomic E-state index is 0.371. The van der Waals surface area contributed by atoms with E-state index >= 15 is 0 Å². The van der Waals surface area contributed by atoms with Gasteiger partial charge in [0.25, 0.3) is 0 Å². The van der Waals surface area contributed by atoms with Crippen molar-refractivity contribution in [3.63, 3.8) is 0 Å². The lowest BCUT2D eigenvalue weighted by molar-refractivity contribution is 0.150. The number of benzene rings is 2. The first-order chi connectivity index (χ1) is 14.0. The van der Waals surface area contributed by atoms with E-state index in [2.05, 4.69) is 6.92 Å². The van der Waals surface area contributed by atoms with Gasteiger partial charge < -0.3 is 0 Å². The van der Waals surface area contributed by atoms with Crippen LogP contribution in [0, 0.1) is 41.1 Å². The Morgan fingerprint density at radius 2 is 1.21 bits per heavy atom. The lowest BCUT2D eigenvalue weighted by Gasteiger charge is -2.37. The van der Waals surface area contributed by atoms with Crippen LogP contribution in [0.2, 0.25) is 0 Å². The van der Waals surface area contributed by atoms with Gasteiger partial charge in [0.1, 0.15) is 0 Å². The summed E-state index contributed by atoms with van der Waals surface area (Å²) in [6.45, 7) is 2.39. The first kappa shape index (κ1) is 20.5. The zero-order chi connectivity index (χ0) is 20.4. The molecular formula is C26H31F3. The standard InChI is InChI=1S/C26H31F3/c1-17-2-8-20(9-3-17)21-10-4-18(5-11-21)14-19-6-12-22(13-7-19)23-15-24(27)26(29)25(28)16-23/h6-7,12-13,15-18,20-21H,2-5,8-11,14H2,1H3. The molecule has 29 heavy (non-hydrogen) atoms. The molecule has 0 saturated heterocycles. The molecule has 0 heterocycles. The topological polar surface area (TPSA) is 0 Å². The van der Waals surface area contributed by atoms with Gasteiger partial charge in [-0.15, -0.1) is 0 Å². The van der Waals surface area contributed by atoms with E-state index in [0.29, 0.717) is 11.1 Å². The van der Waals surface area contributed by atoms with E-state index in [4.69, 9.17) is 0 Å². The lowest BCUT2D eigenvalue weighted by Crippen LogP contribution is -2.25. The highest BCUT2D eigenvalue weighted by Crippen LogP contribution is 2.42. The smallest absolute Gasteiger partial charge is 0.194 e. The maximum Gasteiger partial charge on any atom is 0.194 e. The van der Waals surface area contributed by atoms with Crippen molar-refractivity contribution in [2.24, 2.45) is 23.7 Å². The van der Waals surface area contributed by atoms with Gasteiger partial charge in [-0.3, -0.25) is 0 Å². The zero-order valence-electron chi connectivity index (χ0n) is 17.3. The minimum Gasteiger partial charge on any atom is -0.204 e. The van der Waals surface area contributed by atoms with Gasteiger partial charge in [-0.2, -0.15) is 0 Å². The minimum atomic E-state index is -1.41. The summed E-state index contributed by atoms with van der Waals surface area (Å²) in [5.41, 5.74) is 2.35. The average molecular weight is 401 g/mol. The Morgan fingerprint density at radius 1 is 0.690 bits per heavy atom. The van der Waals surface area contributed by atoms with Crippen molar-refractivity contribution >= 4 is 0 Å². The number of halogens is 3. The molecule has 4 rings (SSSR count). The maximum atomic E-state index is 13.5. The Morgan fingerprint density at radius 3 is 1.76 bits per heavy atom. The Balaban J connectivity index is 1.32. The highest BCUT2D eigenvalue weighted by Gasteiger charge is 2.29. The summed E-state index contributed by atoms with van der Waals surface area (Å²) in [5, 5.41) is 0. The molecule has 0 nitrogen and oxygen atoms in total. The van der Waals surface area contributed by atoms with Crippen molar-refractivity contribution in [2.45, 2.75) is 64.7 Å². The number of hydrogen-bond acceptors (Lipinski definition) is 0. The lowest BCUT2D eigenvalue weighted by atomic mass is 9.69. The van der Waals surface area contributed by atoms with Crippen LogP contribution < -0.4 is 0 Å². The highest BCUT2D eigenvalue weighted by atomic mass is 19.2. The monoisotopic (exact) mass is 400 g/mol. The van der Waals surface area contributed by atoms with Gasteiger partial charge in [0, 0.05) is 0 Å². The van der Waals surface area contributed by atoms with Gasteiger partial charge in [0.15, 0.2) is 17.5 Å². The summed E-state index contributed by atoms with van der Waals surface area (Å²) in [6.07, 6.45) is 12.1. The quantitative estimate of drug-likeness (QED) is 0.457. The molecule has 2 fully saturated rings. The molecular weight excluding hydrogens is 369 g/mol. The molecule has 0 bridgehead atoms. The first-order valence-electron chi connectivity index (χ1n) is 11.2. The molecule has 2 aliphatic carbocycles. The summed E-state index contributed by atoms with van der Waals surface area (Å²) < 4.78 is 40.1. The van der Waals surface area contributed by atoms with Crippen molar-refractivity contribution in [1.82, 2.24) is 0 Å². The highest BCUT2D eigenvalue weighted by molar-refractivity contribution is 5.63. The van der Waals surface area contributed by atoms with Crippen LogP contribution in [0.15, 0.2) is 36.4 Å². The summed E-state index contributed by atoms with van der Waals surface area (Å²) >= 11 is 0. The normalized spacial score (nSPS) is 27.7. The molecule has 2 saturated carbocycles. The predicted octanol–water partition coefficient (Wildman–Crippen LogP) is 7.95. The number of hydrogen-bond donors (Lipinski definition) is 0. The summed E-state index contributed by atoms with van der Waals surface area (Å²) in [5.74, 6) is -0.147. The van der Waals surface area contributed by atoms with Crippen LogP contribution >= 0.6 is 0 Å². The van der Waals surface area contributed by atoms with Crippen molar-refractivity contribution in [2.75, 3.05) is 0 Å². The van der Waals surface area contributed by atoms with Crippen molar-refractivity contribution < 1.29 is 13.2 Å². The second-order valence-electron chi connectivity index (χ2n) is 9.46. The Hall–Kier alpha value is -1.77. The molecule has 156 valence electrons. The van der Waals surface area contributed by atoms with E-state index in [9.17, 15) is 13.2 Å². The van der Waals surface area contributed by atoms with E-state index in [1.165, 1.54) is 56.9 Å². The molecule has 0 aromatic heterocycles. The Kier molecular flexibility index (Phi) is 6.32. The fourth-order valence-corrected chi connectivity index (χ4v) is 5.51. The van der Waals surface area contributed by atoms with Crippen molar-refractivity contribution in [3.8, 4) is 11.1 Å². The molecule has 0 atom stereocenters. The van der Waals surface area contributed by atoms with Crippen LogP contribution in [-0.2, 0) is 6.42 Å². The Bertz CT molecular complexity index is 787. The molecule has 0 spiro atoms. The van der Waals surface area contributed by atoms with E-state index in [0.717, 1.165) is 42.2 Å². The van der Waals surface area contributed by atoms with Crippen LogP contribution in [0.25, 0.3) is 11.1 Å². The van der Waals surface area contributed by atoms with Gasteiger partial charge in [0.2, 0.25) is 0 Å². The van der Waals surface area contributed by atoms with E-state index in [1.807, 2.05) is 24.3 Å². The summed E-state index contributed by atoms with van der Waals surface area (Å²) in [7, 11) is 0. The fourth-order valence-electron chi connectivity index (χ4n) is 5.51. The van der Waals surface area contributed by atoms with Crippen LogP contribution in [0.4, 0.5) is 13.2 Å². The molecule has 2 aromatic carbocycles. The van der Waals surface area contributed by atoms with Crippen LogP contribution in [0.5, 0.6) is 0 Å². The molecule has 0 aliphatic heterocycles. The molecule has 2 aliphatic rings. The third kappa shape index (κ3) is 4.87. The fraction of sp³-hybridized carbons (Fsp3) is 0.538. The van der Waals surface area contributed by atoms with Crippen LogP contribution in [0.1, 0.15) is 63.9 Å². The molecule has 0 N–H and O–H groups in total. The zero-order valence-corrected chi connectivity index (χ0v) is 17.3. The summed E-state index contributed by atoms with van der Waals surface area (Å²) in [4.78, 5) is 0. The van der Waals surface area contributed by atoms with Crippen LogP contribution in [0.3, 0.4) is 0 Å². The van der Waals surface area contributed by atoms with Crippen molar-refractivity contribution in [3.05, 3.63) is 59.4 Å². The second-order valence-corrected chi connectivity index (χ2v) is 9.46. The Labute approximate surface area is 172 Å². The van der Waals surface area contributed by atoms with Gasteiger partial charge in [-0.1, -0.05) is 44.0 Å². The van der Waals surface area contributed by atoms with E-state index in [1.54, 1.807) is 0 Å². The third-order valence-corrected chi connectivity index (χ3v) is 7.41. The molecule has 0 unspecified atom stereocenters. The molecule has 3 heteroatoms. The second kappa shape index (κ2) is 8.93.